The molecule has 0 aromatic carbocycles. The number of aromatic nitrogens is 4. The summed E-state index contributed by atoms with van der Waals surface area (Å²) in [6.07, 6.45) is -7.86. The summed E-state index contributed by atoms with van der Waals surface area (Å²) in [5.74, 6) is 1.24. The predicted octanol–water partition coefficient (Wildman–Crippen LogP) is -0.231. The van der Waals surface area contributed by atoms with Gasteiger partial charge >= 0.3 is 17.8 Å². The first-order valence-electron chi connectivity index (χ1n) is 9.17. The maximum absolute atomic E-state index is 13.2. The van der Waals surface area contributed by atoms with E-state index >= 15 is 0 Å². The molecule has 1 atom stereocenters. The Bertz CT molecular complexity index is 1180. The van der Waals surface area contributed by atoms with Crippen molar-refractivity contribution in [2.75, 3.05) is 31.1 Å². The lowest BCUT2D eigenvalue weighted by molar-refractivity contribution is -0.209. The van der Waals surface area contributed by atoms with E-state index in [9.17, 15) is 27.6 Å². The number of carbonyl (C=O) groups is 2. The van der Waals surface area contributed by atoms with E-state index in [4.69, 9.17) is 17.3 Å². The molecule has 1 amide bonds. The number of piperazine rings is 1. The van der Waals surface area contributed by atoms with Crippen LogP contribution in [0.15, 0.2) is 4.79 Å². The summed E-state index contributed by atoms with van der Waals surface area (Å²) in [6, 6.07) is 0. The molecule has 1 aliphatic heterocycles. The highest BCUT2D eigenvalue weighted by atomic mass is 35.5. The summed E-state index contributed by atoms with van der Waals surface area (Å²) in [6.45, 7) is 3.45. The van der Waals surface area contributed by atoms with E-state index in [2.05, 4.69) is 31.9 Å². The Hall–Kier alpha value is -3.31. The van der Waals surface area contributed by atoms with Gasteiger partial charge in [-0.2, -0.15) is 23.1 Å². The highest BCUT2D eigenvalue weighted by molar-refractivity contribution is 6.28. The van der Waals surface area contributed by atoms with Crippen molar-refractivity contribution < 1.29 is 27.5 Å². The van der Waals surface area contributed by atoms with Gasteiger partial charge in [0.2, 0.25) is 5.28 Å². The van der Waals surface area contributed by atoms with Crippen molar-refractivity contribution in [1.82, 2.24) is 24.4 Å². The lowest BCUT2D eigenvalue weighted by Crippen LogP contribution is -2.44. The zero-order chi connectivity index (χ0) is 23.6. The van der Waals surface area contributed by atoms with E-state index in [0.29, 0.717) is 30.7 Å². The number of nitrogens with one attached hydrogen (secondary N) is 1. The molecule has 0 aliphatic carbocycles. The van der Waals surface area contributed by atoms with Crippen LogP contribution in [0.3, 0.4) is 0 Å². The van der Waals surface area contributed by atoms with Gasteiger partial charge < -0.3 is 20.7 Å². The lowest BCUT2D eigenvalue weighted by Gasteiger charge is -2.29. The molecular formula is C17H17ClF3N7O4. The van der Waals surface area contributed by atoms with Crippen LogP contribution < -0.4 is 21.6 Å². The van der Waals surface area contributed by atoms with Gasteiger partial charge in [0.25, 0.3) is 12.1 Å². The lowest BCUT2D eigenvalue weighted by atomic mass is 10.3. The van der Waals surface area contributed by atoms with Crippen LogP contribution in [0.1, 0.15) is 13.2 Å². The second kappa shape index (κ2) is 9.05. The number of nitrogens with zero attached hydrogens (tertiary/aromatic N) is 5. The zero-order valence-electron chi connectivity index (χ0n) is 16.6. The maximum Gasteiger partial charge on any atom is 0.491 e. The van der Waals surface area contributed by atoms with Crippen LogP contribution in [0.25, 0.3) is 11.2 Å². The molecule has 0 saturated carbocycles. The summed E-state index contributed by atoms with van der Waals surface area (Å²) < 4.78 is 44.0. The Balaban J connectivity index is 2.30. The van der Waals surface area contributed by atoms with Crippen LogP contribution in [0, 0.1) is 11.8 Å². The minimum atomic E-state index is -5.43. The Morgan fingerprint density at radius 2 is 1.97 bits per heavy atom. The number of imidazole rings is 1. The first-order chi connectivity index (χ1) is 15.1. The summed E-state index contributed by atoms with van der Waals surface area (Å²) in [5, 5.41) is 2.80. The van der Waals surface area contributed by atoms with Gasteiger partial charge in [-0.05, 0) is 18.5 Å². The molecule has 11 nitrogen and oxygen atoms in total. The standard InChI is InChI=1S/C17H17ClF3N7O4/c1-2-3-6-27-9-11(26-7-4-23-5-8-26)24-15(18)25-12(9)28(16(27)31)13(10(22)29)32-14(30)17(19,20)21/h13,23H,4-8H2,1H3,(H2,22,29). The fourth-order valence-electron chi connectivity index (χ4n) is 3.15. The fraction of sp³-hybridized carbons (Fsp3) is 0.471. The molecule has 3 N–H and O–H groups in total. The van der Waals surface area contributed by atoms with E-state index in [1.165, 1.54) is 6.92 Å². The number of amides is 1. The van der Waals surface area contributed by atoms with E-state index in [1.54, 1.807) is 4.90 Å². The largest absolute Gasteiger partial charge is 0.491 e. The monoisotopic (exact) mass is 475 g/mol. The number of hydrogen-bond acceptors (Lipinski definition) is 8. The van der Waals surface area contributed by atoms with Gasteiger partial charge in [-0.15, -0.1) is 5.92 Å². The third-order valence-corrected chi connectivity index (χ3v) is 4.68. The molecule has 1 aliphatic rings. The zero-order valence-corrected chi connectivity index (χ0v) is 17.3. The first-order valence-corrected chi connectivity index (χ1v) is 9.54. The van der Waals surface area contributed by atoms with Gasteiger partial charge in [-0.1, -0.05) is 5.92 Å². The number of primary amides is 1. The van der Waals surface area contributed by atoms with Crippen LogP contribution in [0.5, 0.6) is 0 Å². The van der Waals surface area contributed by atoms with Crippen molar-refractivity contribution in [2.24, 2.45) is 5.73 Å². The van der Waals surface area contributed by atoms with Crippen molar-refractivity contribution >= 4 is 40.5 Å². The average Bonchev–Trinajstić information content (AvgIpc) is 3.00. The third kappa shape index (κ3) is 4.48. The number of ether oxygens (including phenoxy) is 1. The number of esters is 1. The minimum Gasteiger partial charge on any atom is -0.425 e. The van der Waals surface area contributed by atoms with Crippen molar-refractivity contribution in [3.63, 3.8) is 0 Å². The van der Waals surface area contributed by atoms with Gasteiger partial charge in [0.05, 0.1) is 6.54 Å². The molecular weight excluding hydrogens is 459 g/mol. The summed E-state index contributed by atoms with van der Waals surface area (Å²) in [7, 11) is 0. The number of hydrogen-bond donors (Lipinski definition) is 2. The quantitative estimate of drug-likeness (QED) is 0.343. The summed E-state index contributed by atoms with van der Waals surface area (Å²) >= 11 is 6.02. The van der Waals surface area contributed by atoms with Gasteiger partial charge in [0.1, 0.15) is 5.52 Å². The summed E-state index contributed by atoms with van der Waals surface area (Å²) in [5.41, 5.74) is 3.86. The van der Waals surface area contributed by atoms with Crippen molar-refractivity contribution in [3.05, 3.63) is 15.8 Å². The molecule has 3 rings (SSSR count). The Kier molecular flexibility index (Phi) is 6.60. The average molecular weight is 476 g/mol. The number of rotatable bonds is 5. The smallest absolute Gasteiger partial charge is 0.425 e. The SMILES string of the molecule is CC#CCn1c(=O)n(C(OC(=O)C(F)(F)F)C(N)=O)c2nc(Cl)nc(N3CCNCC3)c21. The number of halogens is 4. The van der Waals surface area contributed by atoms with E-state index in [1.807, 2.05) is 0 Å². The van der Waals surface area contributed by atoms with Crippen molar-refractivity contribution in [2.45, 2.75) is 25.9 Å². The number of fused-ring (bicyclic) bond motifs is 1. The molecule has 1 unspecified atom stereocenters. The molecule has 0 radical (unpaired) electrons. The van der Waals surface area contributed by atoms with Crippen molar-refractivity contribution in [1.29, 1.82) is 0 Å². The van der Waals surface area contributed by atoms with Gasteiger partial charge in [-0.25, -0.2) is 14.2 Å². The molecule has 1 fully saturated rings. The highest BCUT2D eigenvalue weighted by Gasteiger charge is 2.44. The number of alkyl halides is 3. The molecule has 1 saturated heterocycles. The van der Waals surface area contributed by atoms with Gasteiger partial charge in [0.15, 0.2) is 11.5 Å². The predicted molar refractivity (Wildman–Crippen MR) is 106 cm³/mol. The molecule has 32 heavy (non-hydrogen) atoms. The maximum atomic E-state index is 13.2. The normalized spacial score (nSPS) is 15.2. The molecule has 0 spiro atoms. The minimum absolute atomic E-state index is 0.0540. The third-order valence-electron chi connectivity index (χ3n) is 4.51. The molecule has 172 valence electrons. The van der Waals surface area contributed by atoms with Gasteiger partial charge in [-0.3, -0.25) is 9.36 Å². The second-order valence-electron chi connectivity index (χ2n) is 6.55. The topological polar surface area (TPSA) is 137 Å². The Morgan fingerprint density at radius 3 is 2.53 bits per heavy atom. The van der Waals surface area contributed by atoms with Crippen molar-refractivity contribution in [3.8, 4) is 11.8 Å². The van der Waals surface area contributed by atoms with Crippen LogP contribution in [-0.2, 0) is 20.9 Å². The molecule has 3 heterocycles. The fourth-order valence-corrected chi connectivity index (χ4v) is 3.31. The number of nitrogens with two attached hydrogens (primary N) is 1. The number of anilines is 1. The van der Waals surface area contributed by atoms with E-state index < -0.39 is 30.0 Å². The van der Waals surface area contributed by atoms with Crippen LogP contribution >= 0.6 is 11.6 Å². The molecule has 2 aromatic rings. The second-order valence-corrected chi connectivity index (χ2v) is 6.89. The van der Waals surface area contributed by atoms with Crippen LogP contribution in [-0.4, -0.2) is 63.3 Å². The van der Waals surface area contributed by atoms with E-state index in [-0.39, 0.29) is 28.8 Å². The van der Waals surface area contributed by atoms with Gasteiger partial charge in [0, 0.05) is 26.2 Å². The molecule has 15 heteroatoms. The Labute approximate surface area is 183 Å². The molecule has 0 bridgehead atoms. The van der Waals surface area contributed by atoms with E-state index in [0.717, 1.165) is 4.57 Å². The van der Waals surface area contributed by atoms with Crippen LogP contribution in [0.2, 0.25) is 5.28 Å². The molecule has 2 aromatic heterocycles. The van der Waals surface area contributed by atoms with Crippen LogP contribution in [0.4, 0.5) is 19.0 Å². The summed E-state index contributed by atoms with van der Waals surface area (Å²) in [4.78, 5) is 46.4. The number of carbonyl (C=O) groups excluding carboxylic acids is 2. The first kappa shape index (κ1) is 23.4. The Morgan fingerprint density at radius 1 is 1.31 bits per heavy atom. The highest BCUT2D eigenvalue weighted by Crippen LogP contribution is 2.28.